The van der Waals surface area contributed by atoms with Crippen LogP contribution in [0.25, 0.3) is 11.0 Å². The van der Waals surface area contributed by atoms with Gasteiger partial charge in [-0.15, -0.1) is 0 Å². The first-order valence-electron chi connectivity index (χ1n) is 16.8. The molecule has 1 aliphatic rings. The van der Waals surface area contributed by atoms with Crippen molar-refractivity contribution in [2.75, 3.05) is 32.2 Å². The molecule has 1 aliphatic heterocycles. The topological polar surface area (TPSA) is 166 Å². The minimum absolute atomic E-state index is 0.0750. The lowest BCUT2D eigenvalue weighted by atomic mass is 9.84. The Hall–Kier alpha value is -5.79. The van der Waals surface area contributed by atoms with Crippen LogP contribution in [0.5, 0.6) is 0 Å². The zero-order valence-corrected chi connectivity index (χ0v) is 28.1. The molecule has 0 bridgehead atoms. The minimum Gasteiger partial charge on any atom is -0.453 e. The summed E-state index contributed by atoms with van der Waals surface area (Å²) >= 11 is 0. The number of aromatic nitrogens is 2. The van der Waals surface area contributed by atoms with E-state index in [-0.39, 0.29) is 31.2 Å². The molecule has 2 heterocycles. The molecule has 0 radical (unpaired) electrons. The Labute approximate surface area is 295 Å². The molecule has 13 heteroatoms. The second-order valence-corrected chi connectivity index (χ2v) is 12.2. The first-order chi connectivity index (χ1) is 25.0. The van der Waals surface area contributed by atoms with Gasteiger partial charge < -0.3 is 35.5 Å². The Balaban J connectivity index is 1.01. The second-order valence-electron chi connectivity index (χ2n) is 12.2. The molecule has 0 spiro atoms. The fourth-order valence-electron chi connectivity index (χ4n) is 6.07. The molecule has 1 saturated heterocycles. The number of hydrogen-bond donors (Lipinski definition) is 4. The number of ether oxygens (including phenoxy) is 3. The van der Waals surface area contributed by atoms with Crippen LogP contribution in [0.1, 0.15) is 34.6 Å². The van der Waals surface area contributed by atoms with E-state index in [0.717, 1.165) is 22.3 Å². The smallest absolute Gasteiger partial charge is 0.407 e. The first-order valence-corrected chi connectivity index (χ1v) is 16.8. The van der Waals surface area contributed by atoms with Gasteiger partial charge in [0.15, 0.2) is 0 Å². The number of nitrogens with one attached hydrogen (secondary N) is 4. The maximum absolute atomic E-state index is 14.0. The number of alkyl carbamates (subject to hydrolysis) is 2. The lowest BCUT2D eigenvalue weighted by Gasteiger charge is -2.30. The van der Waals surface area contributed by atoms with Gasteiger partial charge in [-0.3, -0.25) is 4.79 Å². The number of carbonyl (C=O) groups excluding carboxylic acids is 3. The van der Waals surface area contributed by atoms with Crippen LogP contribution in [0.15, 0.2) is 108 Å². The lowest BCUT2D eigenvalue weighted by Crippen LogP contribution is -2.49. The first kappa shape index (κ1) is 35.1. The van der Waals surface area contributed by atoms with Crippen molar-refractivity contribution in [1.29, 1.82) is 0 Å². The van der Waals surface area contributed by atoms with Crippen LogP contribution in [0, 0.1) is 0 Å². The van der Waals surface area contributed by atoms with Gasteiger partial charge >= 0.3 is 12.2 Å². The molecule has 13 nitrogen and oxygen atoms in total. The normalized spacial score (nSPS) is 16.3. The van der Waals surface area contributed by atoms with Crippen LogP contribution in [-0.2, 0) is 32.0 Å². The molecule has 4 aromatic carbocycles. The number of anilines is 1. The van der Waals surface area contributed by atoms with Crippen molar-refractivity contribution >= 4 is 34.8 Å². The number of amides is 3. The number of aryl methyl sites for hydroxylation is 1. The number of carbonyl (C=O) groups is 3. The molecule has 0 aliphatic carbocycles. The zero-order valence-electron chi connectivity index (χ0n) is 28.1. The van der Waals surface area contributed by atoms with Gasteiger partial charge in [-0.1, -0.05) is 84.9 Å². The van der Waals surface area contributed by atoms with Crippen molar-refractivity contribution in [3.8, 4) is 0 Å². The highest BCUT2D eigenvalue weighted by Crippen LogP contribution is 2.30. The number of rotatable bonds is 13. The molecule has 0 unspecified atom stereocenters. The molecule has 264 valence electrons. The quantitative estimate of drug-likeness (QED) is 0.133. The summed E-state index contributed by atoms with van der Waals surface area (Å²) in [5.41, 5.74) is 5.44. The largest absolute Gasteiger partial charge is 0.453 e. The van der Waals surface area contributed by atoms with Crippen LogP contribution in [-0.4, -0.2) is 73.5 Å². The number of hydrogen-bond acceptors (Lipinski definition) is 10. The Bertz CT molecular complexity index is 1860. The Kier molecular flexibility index (Phi) is 11.8. The summed E-state index contributed by atoms with van der Waals surface area (Å²) in [6.07, 6.45) is 0.0249. The molecule has 0 saturated carbocycles. The lowest BCUT2D eigenvalue weighted by molar-refractivity contribution is -0.118. The van der Waals surface area contributed by atoms with Gasteiger partial charge in [0, 0.05) is 24.7 Å². The predicted molar refractivity (Wildman–Crippen MR) is 189 cm³/mol. The number of benzene rings is 4. The third-order valence-electron chi connectivity index (χ3n) is 8.74. The van der Waals surface area contributed by atoms with Crippen molar-refractivity contribution in [2.24, 2.45) is 0 Å². The second kappa shape index (κ2) is 17.2. The average Bonchev–Trinajstić information content (AvgIpc) is 3.65. The van der Waals surface area contributed by atoms with Crippen LogP contribution in [0.2, 0.25) is 0 Å². The van der Waals surface area contributed by atoms with Gasteiger partial charge in [0.05, 0.1) is 25.9 Å². The van der Waals surface area contributed by atoms with Crippen LogP contribution >= 0.6 is 0 Å². The molecule has 3 amide bonds. The standard InChI is InChI=1S/C38H40N6O7/c1-48-38(47)42-35(34(27-11-4-2-5-12-27)28-13-6-3-7-14-28)36(45)41-31-15-9-8-10-26(31)17-18-30-22-39-29(23-49-30)24-50-37(46)40-21-25-16-19-32-33(20-25)44-51-43-32/h2-16,19-20,29-30,34-35,39H,17-18,21-24H2,1H3,(H,40,46)(H,41,45)(H,42,47)/t29-,30+,35-/m0/s1. The fraction of sp³-hybridized carbons (Fsp3) is 0.289. The molecular formula is C38H40N6O7. The fourth-order valence-corrected chi connectivity index (χ4v) is 6.07. The summed E-state index contributed by atoms with van der Waals surface area (Å²) in [5.74, 6) is -0.849. The SMILES string of the molecule is COC(=O)N[C@H](C(=O)Nc1ccccc1CC[C@@H]1CN[C@H](COC(=O)NCc2ccc3nonc3c2)CO1)C(c1ccccc1)c1ccccc1. The maximum atomic E-state index is 14.0. The summed E-state index contributed by atoms with van der Waals surface area (Å²) in [6.45, 7) is 1.40. The summed E-state index contributed by atoms with van der Waals surface area (Å²) in [6, 6.07) is 31.1. The number of morpholine rings is 1. The van der Waals surface area contributed by atoms with Crippen LogP contribution < -0.4 is 21.3 Å². The highest BCUT2D eigenvalue weighted by molar-refractivity contribution is 5.98. The van der Waals surface area contributed by atoms with E-state index in [1.807, 2.05) is 91.0 Å². The van der Waals surface area contributed by atoms with Gasteiger partial charge in [0.1, 0.15) is 23.7 Å². The minimum atomic E-state index is -0.969. The molecule has 1 aromatic heterocycles. The van der Waals surface area contributed by atoms with Gasteiger partial charge in [-0.25, -0.2) is 14.2 Å². The molecule has 6 rings (SSSR count). The van der Waals surface area contributed by atoms with Gasteiger partial charge in [-0.2, -0.15) is 0 Å². The van der Waals surface area contributed by atoms with Gasteiger partial charge in [0.2, 0.25) is 5.91 Å². The van der Waals surface area contributed by atoms with E-state index in [0.29, 0.717) is 42.7 Å². The molecule has 51 heavy (non-hydrogen) atoms. The summed E-state index contributed by atoms with van der Waals surface area (Å²) in [7, 11) is 1.27. The summed E-state index contributed by atoms with van der Waals surface area (Å²) in [5, 5.41) is 19.6. The number of nitrogens with zero attached hydrogens (tertiary/aromatic N) is 2. The van der Waals surface area contributed by atoms with Crippen molar-refractivity contribution in [2.45, 2.75) is 43.5 Å². The van der Waals surface area contributed by atoms with Crippen molar-refractivity contribution in [1.82, 2.24) is 26.3 Å². The predicted octanol–water partition coefficient (Wildman–Crippen LogP) is 4.93. The molecule has 4 N–H and O–H groups in total. The molecule has 3 atom stereocenters. The summed E-state index contributed by atoms with van der Waals surface area (Å²) in [4.78, 5) is 38.9. The van der Waals surface area contributed by atoms with E-state index in [1.54, 1.807) is 12.1 Å². The third-order valence-corrected chi connectivity index (χ3v) is 8.74. The Morgan fingerprint density at radius 2 is 1.59 bits per heavy atom. The zero-order chi connectivity index (χ0) is 35.4. The molecule has 5 aromatic rings. The highest BCUT2D eigenvalue weighted by atomic mass is 16.6. The number of fused-ring (bicyclic) bond motifs is 1. The highest BCUT2D eigenvalue weighted by Gasteiger charge is 2.33. The Morgan fingerprint density at radius 1 is 0.882 bits per heavy atom. The number of para-hydroxylation sites is 1. The van der Waals surface area contributed by atoms with E-state index in [2.05, 4.69) is 31.6 Å². The van der Waals surface area contributed by atoms with E-state index in [4.69, 9.17) is 18.8 Å². The maximum Gasteiger partial charge on any atom is 0.407 e. The number of methoxy groups -OCH3 is 1. The van der Waals surface area contributed by atoms with E-state index >= 15 is 0 Å². The molecular weight excluding hydrogens is 652 g/mol. The molecule has 1 fully saturated rings. The average molecular weight is 693 g/mol. The third kappa shape index (κ3) is 9.47. The van der Waals surface area contributed by atoms with Crippen molar-refractivity contribution in [3.63, 3.8) is 0 Å². The monoisotopic (exact) mass is 692 g/mol. The van der Waals surface area contributed by atoms with E-state index in [1.165, 1.54) is 7.11 Å². The summed E-state index contributed by atoms with van der Waals surface area (Å²) < 4.78 is 21.1. The van der Waals surface area contributed by atoms with E-state index in [9.17, 15) is 14.4 Å². The van der Waals surface area contributed by atoms with Crippen LogP contribution in [0.4, 0.5) is 15.3 Å². The van der Waals surface area contributed by atoms with E-state index < -0.39 is 24.1 Å². The van der Waals surface area contributed by atoms with Gasteiger partial charge in [-0.05, 0) is 63.6 Å². The van der Waals surface area contributed by atoms with Gasteiger partial charge in [0.25, 0.3) is 0 Å². The Morgan fingerprint density at radius 3 is 2.29 bits per heavy atom. The van der Waals surface area contributed by atoms with Crippen molar-refractivity contribution < 1.29 is 33.2 Å². The van der Waals surface area contributed by atoms with Crippen molar-refractivity contribution in [3.05, 3.63) is 125 Å². The van der Waals surface area contributed by atoms with Crippen LogP contribution in [0.3, 0.4) is 0 Å².